The van der Waals surface area contributed by atoms with Crippen LogP contribution in [-0.4, -0.2) is 41.0 Å². The molecule has 0 aliphatic carbocycles. The van der Waals surface area contributed by atoms with Crippen molar-refractivity contribution < 1.29 is 9.50 Å². The van der Waals surface area contributed by atoms with Crippen molar-refractivity contribution in [3.05, 3.63) is 87.8 Å². The Hall–Kier alpha value is -3.70. The summed E-state index contributed by atoms with van der Waals surface area (Å²) in [5, 5.41) is 25.0. The smallest absolute Gasteiger partial charge is 0.231 e. The number of anilines is 1. The Bertz CT molecular complexity index is 1490. The molecule has 1 aromatic heterocycles. The largest absolute Gasteiger partial charge is 0.370 e. The van der Waals surface area contributed by atoms with Crippen LogP contribution >= 0.6 is 11.6 Å². The lowest BCUT2D eigenvalue weighted by Crippen LogP contribution is -2.41. The molecule has 0 amide bonds. The number of fused-ring (bicyclic) bond motifs is 1. The van der Waals surface area contributed by atoms with Gasteiger partial charge in [0.25, 0.3) is 0 Å². The van der Waals surface area contributed by atoms with Gasteiger partial charge in [-0.1, -0.05) is 29.8 Å². The van der Waals surface area contributed by atoms with E-state index in [2.05, 4.69) is 27.2 Å². The molecule has 11 heteroatoms. The van der Waals surface area contributed by atoms with Gasteiger partial charge in [0.15, 0.2) is 11.8 Å². The molecule has 2 aromatic carbocycles. The molecule has 1 unspecified atom stereocenters. The number of aromatic amines is 1. The number of aliphatic hydroxyl groups is 1. The predicted molar refractivity (Wildman–Crippen MR) is 163 cm³/mol. The minimum Gasteiger partial charge on any atom is -0.370 e. The fourth-order valence-electron chi connectivity index (χ4n) is 4.73. The molecule has 9 nitrogen and oxygen atoms in total. The van der Waals surface area contributed by atoms with Gasteiger partial charge in [-0.3, -0.25) is 5.41 Å². The van der Waals surface area contributed by atoms with Crippen molar-refractivity contribution in [3.8, 4) is 11.3 Å². The molecule has 0 fully saturated rings. The van der Waals surface area contributed by atoms with Crippen molar-refractivity contribution in [2.75, 3.05) is 11.4 Å². The van der Waals surface area contributed by atoms with Gasteiger partial charge in [0, 0.05) is 47.8 Å². The Morgan fingerprint density at radius 3 is 2.71 bits per heavy atom. The van der Waals surface area contributed by atoms with Crippen molar-refractivity contribution in [2.24, 2.45) is 16.5 Å². The number of aromatic nitrogens is 1. The van der Waals surface area contributed by atoms with Gasteiger partial charge in [0.1, 0.15) is 5.49 Å². The number of nitrogens with one attached hydrogen (secondary N) is 4. The fraction of sp³-hybridized carbons (Fsp3) is 0.333. The Balaban J connectivity index is 1.48. The molecule has 1 aliphatic heterocycles. The van der Waals surface area contributed by atoms with Gasteiger partial charge in [-0.05, 0) is 74.1 Å². The van der Waals surface area contributed by atoms with Crippen LogP contribution in [0.25, 0.3) is 17.5 Å². The summed E-state index contributed by atoms with van der Waals surface area (Å²) < 4.78 is 15.1. The number of hydrogen-bond acceptors (Lipinski definition) is 6. The van der Waals surface area contributed by atoms with Crippen LogP contribution in [0.2, 0.25) is 5.02 Å². The zero-order valence-electron chi connectivity index (χ0n) is 23.1. The molecule has 41 heavy (non-hydrogen) atoms. The molecule has 0 saturated heterocycles. The van der Waals surface area contributed by atoms with Crippen LogP contribution < -0.4 is 37.7 Å². The van der Waals surface area contributed by atoms with Gasteiger partial charge in [-0.25, -0.2) is 9.38 Å². The van der Waals surface area contributed by atoms with E-state index in [0.717, 1.165) is 47.7 Å². The third-order valence-corrected chi connectivity index (χ3v) is 7.23. The average molecular weight is 581 g/mol. The minimum atomic E-state index is -1.14. The van der Waals surface area contributed by atoms with E-state index in [1.807, 2.05) is 43.3 Å². The Morgan fingerprint density at radius 1 is 1.27 bits per heavy atom. The van der Waals surface area contributed by atoms with Gasteiger partial charge >= 0.3 is 0 Å². The standard InChI is InChI=1S/C30H38ClFN8O/c1-3-22(11-12-36-29(34)35)37-16-19-7-9-23(10-8-19)40-17-21-15-26(38-28(21)39-30(40)41)24-13-20(6-4-5-18(2)33)14-25(31)27(24)32/h3,7-10,13-15,17-18,22,30,37,41H,1,4-6,11-12,16,33H2,2H3,(H,38,39)(H4,34,35,36)/t18-,22-,30?/m0/s1. The van der Waals surface area contributed by atoms with Gasteiger partial charge in [-0.2, -0.15) is 0 Å². The molecule has 2 heterocycles. The molecule has 0 spiro atoms. The predicted octanol–water partition coefficient (Wildman–Crippen LogP) is 2.82. The van der Waals surface area contributed by atoms with E-state index in [-0.39, 0.29) is 23.1 Å². The van der Waals surface area contributed by atoms with Crippen molar-refractivity contribution in [3.63, 3.8) is 0 Å². The average Bonchev–Trinajstić information content (AvgIpc) is 3.34. The summed E-state index contributed by atoms with van der Waals surface area (Å²) in [5.74, 6) is -0.555. The van der Waals surface area contributed by atoms with Crippen LogP contribution in [0.5, 0.6) is 0 Å². The number of hydrogen-bond donors (Lipinski definition) is 7. The van der Waals surface area contributed by atoms with Crippen molar-refractivity contribution in [2.45, 2.75) is 57.6 Å². The molecule has 3 aromatic rings. The van der Waals surface area contributed by atoms with Crippen molar-refractivity contribution in [1.29, 1.82) is 5.41 Å². The van der Waals surface area contributed by atoms with E-state index in [9.17, 15) is 5.11 Å². The van der Waals surface area contributed by atoms with Crippen LogP contribution in [-0.2, 0) is 13.0 Å². The van der Waals surface area contributed by atoms with E-state index in [4.69, 9.17) is 28.5 Å². The number of aryl methyl sites for hydroxylation is 1. The lowest BCUT2D eigenvalue weighted by atomic mass is 10.0. The highest BCUT2D eigenvalue weighted by atomic mass is 35.5. The molecule has 9 N–H and O–H groups in total. The Morgan fingerprint density at radius 2 is 2.02 bits per heavy atom. The molecule has 4 rings (SSSR count). The zero-order chi connectivity index (χ0) is 29.5. The number of halogens is 2. The van der Waals surface area contributed by atoms with Crippen LogP contribution in [0.15, 0.2) is 60.1 Å². The van der Waals surface area contributed by atoms with E-state index >= 15 is 4.39 Å². The van der Waals surface area contributed by atoms with Gasteiger partial charge in [0.05, 0.1) is 10.7 Å². The van der Waals surface area contributed by atoms with Crippen LogP contribution in [0.3, 0.4) is 0 Å². The topological polar surface area (TPSA) is 152 Å². The first-order chi connectivity index (χ1) is 19.6. The molecule has 218 valence electrons. The van der Waals surface area contributed by atoms with E-state index in [1.54, 1.807) is 23.2 Å². The minimum absolute atomic E-state index is 0.0515. The molecular weight excluding hydrogens is 543 g/mol. The number of aliphatic hydroxyl groups excluding tert-OH is 1. The summed E-state index contributed by atoms with van der Waals surface area (Å²) in [6.45, 7) is 7.03. The van der Waals surface area contributed by atoms with E-state index < -0.39 is 12.2 Å². The number of benzene rings is 2. The van der Waals surface area contributed by atoms with Gasteiger partial charge in [-0.15, -0.1) is 6.58 Å². The van der Waals surface area contributed by atoms with Crippen LogP contribution in [0, 0.1) is 11.2 Å². The second kappa shape index (κ2) is 13.8. The second-order valence-electron chi connectivity index (χ2n) is 10.3. The highest BCUT2D eigenvalue weighted by Gasteiger charge is 2.20. The van der Waals surface area contributed by atoms with Gasteiger partial charge < -0.3 is 37.1 Å². The van der Waals surface area contributed by atoms with Crippen molar-refractivity contribution in [1.82, 2.24) is 15.6 Å². The normalized spacial score (nSPS) is 15.8. The van der Waals surface area contributed by atoms with E-state index in [0.29, 0.717) is 29.8 Å². The summed E-state index contributed by atoms with van der Waals surface area (Å²) in [6.07, 6.45) is 5.72. The number of rotatable bonds is 13. The summed E-state index contributed by atoms with van der Waals surface area (Å²) in [5.41, 5.74) is 15.3. The number of guanidine groups is 1. The summed E-state index contributed by atoms with van der Waals surface area (Å²) >= 11 is 6.24. The maximum absolute atomic E-state index is 15.1. The van der Waals surface area contributed by atoms with E-state index in [1.165, 1.54) is 0 Å². The quantitative estimate of drug-likeness (QED) is 0.0938. The fourth-order valence-corrected chi connectivity index (χ4v) is 4.97. The van der Waals surface area contributed by atoms with Crippen molar-refractivity contribution >= 4 is 29.4 Å². The third kappa shape index (κ3) is 7.95. The van der Waals surface area contributed by atoms with Gasteiger partial charge in [0.2, 0.25) is 6.35 Å². The SMILES string of the molecule is C=C[C@@H](CCNC(=N)N)NCc1ccc(N2C=c3cc(-c4cc(CCC[C@H](C)N)cc(Cl)c4F)[nH]c3=NC2O)cc1. The van der Waals surface area contributed by atoms with Crippen LogP contribution in [0.1, 0.15) is 37.3 Å². The number of nitrogens with zero attached hydrogens (tertiary/aromatic N) is 2. The highest BCUT2D eigenvalue weighted by molar-refractivity contribution is 6.31. The van der Waals surface area contributed by atoms with Crippen LogP contribution in [0.4, 0.5) is 10.1 Å². The monoisotopic (exact) mass is 580 g/mol. The summed E-state index contributed by atoms with van der Waals surface area (Å²) in [6, 6.07) is 13.2. The Kier molecular flexibility index (Phi) is 10.2. The lowest BCUT2D eigenvalue weighted by Gasteiger charge is -2.25. The zero-order valence-corrected chi connectivity index (χ0v) is 23.9. The molecule has 0 bridgehead atoms. The maximum atomic E-state index is 15.1. The molecule has 0 radical (unpaired) electrons. The lowest BCUT2D eigenvalue weighted by molar-refractivity contribution is 0.186. The molecule has 1 aliphatic rings. The number of nitrogens with two attached hydrogens (primary N) is 2. The summed E-state index contributed by atoms with van der Waals surface area (Å²) in [4.78, 5) is 9.20. The first-order valence-electron chi connectivity index (χ1n) is 13.7. The maximum Gasteiger partial charge on any atom is 0.231 e. The molecule has 0 saturated carbocycles. The highest BCUT2D eigenvalue weighted by Crippen LogP contribution is 2.29. The third-order valence-electron chi connectivity index (χ3n) is 6.96. The first-order valence-corrected chi connectivity index (χ1v) is 14.0. The second-order valence-corrected chi connectivity index (χ2v) is 10.7. The Labute approximate surface area is 244 Å². The molecular formula is C30H38ClFN8O. The first kappa shape index (κ1) is 30.3. The number of H-pyrrole nitrogens is 1. The molecule has 3 atom stereocenters. The summed E-state index contributed by atoms with van der Waals surface area (Å²) in [7, 11) is 0.